The molecule has 0 aromatic carbocycles. The van der Waals surface area contributed by atoms with E-state index in [4.69, 9.17) is 16.2 Å². The predicted octanol–water partition coefficient (Wildman–Crippen LogP) is 2.38. The topological polar surface area (TPSA) is 54.4 Å². The second-order valence-corrected chi connectivity index (χ2v) is 4.84. The molecular weight excluding hydrogens is 243 g/mol. The fourth-order valence-electron chi connectivity index (χ4n) is 0.707. The lowest BCUT2D eigenvalue weighted by atomic mass is 10.4. The highest BCUT2D eigenvalue weighted by atomic mass is 35.5. The van der Waals surface area contributed by atoms with Gasteiger partial charge in [0.1, 0.15) is 9.23 Å². The normalized spacial score (nSPS) is 10.9. The number of rotatable bonds is 1. The summed E-state index contributed by atoms with van der Waals surface area (Å²) < 4.78 is 30.0. The molecule has 1 aromatic heterocycles. The summed E-state index contributed by atoms with van der Waals surface area (Å²) in [6, 6.07) is 0. The molecule has 70 valence electrons. The van der Waals surface area contributed by atoms with Crippen LogP contribution in [0.2, 0.25) is 4.34 Å². The van der Waals surface area contributed by atoms with Crippen molar-refractivity contribution in [1.29, 1.82) is 0 Å². The van der Waals surface area contributed by atoms with Crippen LogP contribution in [0.15, 0.2) is 10.3 Å². The number of hydrogen-bond donors (Lipinski definition) is 1. The Kier molecular flexibility index (Phi) is 3.99. The van der Waals surface area contributed by atoms with E-state index in [1.54, 1.807) is 12.3 Å². The van der Waals surface area contributed by atoms with Gasteiger partial charge in [0.15, 0.2) is 0 Å². The molecule has 0 aliphatic rings. The highest BCUT2D eigenvalue weighted by Gasteiger charge is 2.18. The maximum Gasteiger partial charge on any atom is 0.297 e. The van der Waals surface area contributed by atoms with Crippen LogP contribution < -0.4 is 0 Å². The zero-order chi connectivity index (χ0) is 8.65. The monoisotopic (exact) mass is 248 g/mol. The highest BCUT2D eigenvalue weighted by molar-refractivity contribution is 7.86. The van der Waals surface area contributed by atoms with E-state index in [1.165, 1.54) is 0 Å². The number of aryl methyl sites for hydroxylation is 1. The zero-order valence-electron chi connectivity index (χ0n) is 5.94. The average molecular weight is 249 g/mol. The Morgan fingerprint density at radius 1 is 1.58 bits per heavy atom. The van der Waals surface area contributed by atoms with Gasteiger partial charge in [0, 0.05) is 0 Å². The van der Waals surface area contributed by atoms with Crippen molar-refractivity contribution in [1.82, 2.24) is 0 Å². The van der Waals surface area contributed by atoms with E-state index in [-0.39, 0.29) is 21.6 Å². The zero-order valence-corrected chi connectivity index (χ0v) is 9.15. The van der Waals surface area contributed by atoms with Gasteiger partial charge in [0.05, 0.1) is 0 Å². The van der Waals surface area contributed by atoms with Crippen molar-refractivity contribution >= 4 is 45.5 Å². The van der Waals surface area contributed by atoms with Crippen LogP contribution >= 0.6 is 35.3 Å². The summed E-state index contributed by atoms with van der Waals surface area (Å²) in [6.07, 6.45) is 0. The van der Waals surface area contributed by atoms with Crippen LogP contribution in [-0.2, 0) is 10.1 Å². The molecule has 0 bridgehead atoms. The van der Waals surface area contributed by atoms with Gasteiger partial charge in [-0.3, -0.25) is 4.55 Å². The summed E-state index contributed by atoms with van der Waals surface area (Å²) in [6.45, 7) is 1.57. The van der Waals surface area contributed by atoms with Crippen LogP contribution in [0.25, 0.3) is 0 Å². The quantitative estimate of drug-likeness (QED) is 0.777. The van der Waals surface area contributed by atoms with Gasteiger partial charge in [0.25, 0.3) is 10.1 Å². The van der Waals surface area contributed by atoms with Gasteiger partial charge in [-0.15, -0.1) is 23.7 Å². The summed E-state index contributed by atoms with van der Waals surface area (Å²) >= 11 is 6.59. The van der Waals surface area contributed by atoms with E-state index >= 15 is 0 Å². The molecular formula is C5H6Cl2O3S2. The molecule has 0 amide bonds. The SMILES string of the molecule is Cc1csc(Cl)c1S(=O)(=O)O.Cl. The van der Waals surface area contributed by atoms with Crippen LogP contribution in [-0.4, -0.2) is 13.0 Å². The fourth-order valence-corrected chi connectivity index (χ4v) is 3.15. The van der Waals surface area contributed by atoms with Crippen molar-refractivity contribution in [3.8, 4) is 0 Å². The first-order valence-electron chi connectivity index (χ1n) is 2.64. The van der Waals surface area contributed by atoms with Gasteiger partial charge in [-0.25, -0.2) is 0 Å². The van der Waals surface area contributed by atoms with Gasteiger partial charge >= 0.3 is 0 Å². The van der Waals surface area contributed by atoms with Crippen LogP contribution in [0.3, 0.4) is 0 Å². The molecule has 0 fully saturated rings. The van der Waals surface area contributed by atoms with Crippen LogP contribution in [0.1, 0.15) is 5.56 Å². The minimum atomic E-state index is -4.14. The van der Waals surface area contributed by atoms with Gasteiger partial charge in [0.2, 0.25) is 0 Å². The Balaban J connectivity index is 0.00000121. The van der Waals surface area contributed by atoms with Gasteiger partial charge in [-0.2, -0.15) is 8.42 Å². The molecule has 0 atom stereocenters. The minimum absolute atomic E-state index is 0. The molecule has 1 heterocycles. The van der Waals surface area contributed by atoms with E-state index < -0.39 is 10.1 Å². The third-order valence-electron chi connectivity index (χ3n) is 1.13. The summed E-state index contributed by atoms with van der Waals surface area (Å²) in [7, 11) is -4.14. The van der Waals surface area contributed by atoms with Gasteiger partial charge < -0.3 is 0 Å². The molecule has 7 heteroatoms. The third-order valence-corrected chi connectivity index (χ3v) is 3.76. The molecule has 0 aliphatic heterocycles. The lowest BCUT2D eigenvalue weighted by molar-refractivity contribution is 0.483. The van der Waals surface area contributed by atoms with E-state index in [0.29, 0.717) is 5.56 Å². The largest absolute Gasteiger partial charge is 0.297 e. The molecule has 0 saturated carbocycles. The maximum atomic E-state index is 10.6. The molecule has 3 nitrogen and oxygen atoms in total. The molecule has 0 saturated heterocycles. The number of halogens is 2. The predicted molar refractivity (Wildman–Crippen MR) is 51.1 cm³/mol. The summed E-state index contributed by atoms with van der Waals surface area (Å²) in [5.41, 5.74) is 0.475. The first-order valence-corrected chi connectivity index (χ1v) is 5.34. The lowest BCUT2D eigenvalue weighted by Gasteiger charge is -1.93. The first-order chi connectivity index (χ1) is 4.93. The van der Waals surface area contributed by atoms with Crippen molar-refractivity contribution < 1.29 is 13.0 Å². The Bertz CT molecular complexity index is 349. The van der Waals surface area contributed by atoms with E-state index in [0.717, 1.165) is 11.3 Å². The van der Waals surface area contributed by atoms with Crippen LogP contribution in [0.5, 0.6) is 0 Å². The Morgan fingerprint density at radius 2 is 2.08 bits per heavy atom. The van der Waals surface area contributed by atoms with Crippen molar-refractivity contribution in [2.45, 2.75) is 11.8 Å². The molecule has 1 aromatic rings. The smallest absolute Gasteiger partial charge is 0.282 e. The second-order valence-electron chi connectivity index (χ2n) is 2.00. The van der Waals surface area contributed by atoms with Crippen LogP contribution in [0.4, 0.5) is 0 Å². The molecule has 0 unspecified atom stereocenters. The summed E-state index contributed by atoms with van der Waals surface area (Å²) in [5, 5.41) is 1.57. The molecule has 0 spiro atoms. The third kappa shape index (κ3) is 2.34. The van der Waals surface area contributed by atoms with Crippen molar-refractivity contribution in [2.24, 2.45) is 0 Å². The van der Waals surface area contributed by atoms with Crippen molar-refractivity contribution in [3.63, 3.8) is 0 Å². The first kappa shape index (κ1) is 12.2. The molecule has 0 aliphatic carbocycles. The number of thiophene rings is 1. The van der Waals surface area contributed by atoms with E-state index in [2.05, 4.69) is 0 Å². The summed E-state index contributed by atoms with van der Waals surface area (Å²) in [5.74, 6) is 0. The standard InChI is InChI=1S/C5H5ClO3S2.ClH/c1-3-2-10-5(6)4(3)11(7,8)9;/h2H,1H3,(H,7,8,9);1H. The molecule has 1 N–H and O–H groups in total. The second kappa shape index (κ2) is 3.93. The van der Waals surface area contributed by atoms with E-state index in [9.17, 15) is 8.42 Å². The molecule has 1 rings (SSSR count). The number of hydrogen-bond acceptors (Lipinski definition) is 3. The van der Waals surface area contributed by atoms with Gasteiger partial charge in [-0.1, -0.05) is 11.6 Å². The van der Waals surface area contributed by atoms with Crippen LogP contribution in [0, 0.1) is 6.92 Å². The Morgan fingerprint density at radius 3 is 2.25 bits per heavy atom. The van der Waals surface area contributed by atoms with Gasteiger partial charge in [-0.05, 0) is 17.9 Å². The molecule has 12 heavy (non-hydrogen) atoms. The average Bonchev–Trinajstić information content (AvgIpc) is 2.08. The Labute approximate surface area is 85.5 Å². The van der Waals surface area contributed by atoms with Crippen molar-refractivity contribution in [2.75, 3.05) is 0 Å². The Hall–Kier alpha value is 0.190. The van der Waals surface area contributed by atoms with Crippen molar-refractivity contribution in [3.05, 3.63) is 15.3 Å². The minimum Gasteiger partial charge on any atom is -0.282 e. The molecule has 0 radical (unpaired) electrons. The summed E-state index contributed by atoms with van der Waals surface area (Å²) in [4.78, 5) is -0.177. The van der Waals surface area contributed by atoms with E-state index in [1.807, 2.05) is 0 Å². The highest BCUT2D eigenvalue weighted by Crippen LogP contribution is 2.30. The maximum absolute atomic E-state index is 10.6. The lowest BCUT2D eigenvalue weighted by Crippen LogP contribution is -1.98. The fraction of sp³-hybridized carbons (Fsp3) is 0.200.